The number of amides is 3. The van der Waals surface area contributed by atoms with Gasteiger partial charge >= 0.3 is 0 Å². The van der Waals surface area contributed by atoms with Crippen molar-refractivity contribution >= 4 is 17.7 Å². The van der Waals surface area contributed by atoms with Gasteiger partial charge in [0.15, 0.2) is 6.10 Å². The summed E-state index contributed by atoms with van der Waals surface area (Å²) in [5, 5.41) is 0. The van der Waals surface area contributed by atoms with Gasteiger partial charge in [-0.2, -0.15) is 0 Å². The highest BCUT2D eigenvalue weighted by Crippen LogP contribution is 2.18. The van der Waals surface area contributed by atoms with Crippen molar-refractivity contribution in [2.45, 2.75) is 65.9 Å². The third-order valence-electron chi connectivity index (χ3n) is 4.28. The quantitative estimate of drug-likeness (QED) is 0.478. The van der Waals surface area contributed by atoms with Gasteiger partial charge in [0, 0.05) is 25.9 Å². The fourth-order valence-electron chi connectivity index (χ4n) is 2.79. The molecule has 1 aromatic rings. The van der Waals surface area contributed by atoms with Crippen molar-refractivity contribution < 1.29 is 23.9 Å². The van der Waals surface area contributed by atoms with Crippen LogP contribution in [-0.2, 0) is 14.4 Å². The van der Waals surface area contributed by atoms with E-state index in [1.54, 1.807) is 31.2 Å². The molecule has 0 saturated carbocycles. The lowest BCUT2D eigenvalue weighted by atomic mass is 10.2. The highest BCUT2D eigenvalue weighted by atomic mass is 16.5. The molecule has 1 aromatic carbocycles. The molecule has 0 aromatic heterocycles. The van der Waals surface area contributed by atoms with Crippen LogP contribution in [0, 0.1) is 0 Å². The van der Waals surface area contributed by atoms with Crippen molar-refractivity contribution in [1.82, 2.24) is 15.8 Å². The first-order valence-electron chi connectivity index (χ1n) is 10.7. The molecule has 1 unspecified atom stereocenters. The maximum atomic E-state index is 12.2. The zero-order chi connectivity index (χ0) is 22.4. The van der Waals surface area contributed by atoms with E-state index in [9.17, 15) is 14.4 Å². The molecule has 168 valence electrons. The average Bonchev–Trinajstić information content (AvgIpc) is 2.73. The number of rotatable bonds is 13. The van der Waals surface area contributed by atoms with Crippen molar-refractivity contribution in [2.24, 2.45) is 0 Å². The minimum atomic E-state index is -0.790. The summed E-state index contributed by atoms with van der Waals surface area (Å²) in [6.07, 6.45) is 1.94. The van der Waals surface area contributed by atoms with Crippen LogP contribution in [0.2, 0.25) is 0 Å². The minimum absolute atomic E-state index is 0.0629. The van der Waals surface area contributed by atoms with Crippen LogP contribution in [0.1, 0.15) is 59.8 Å². The topological polar surface area (TPSA) is 97.0 Å². The van der Waals surface area contributed by atoms with Crippen LogP contribution < -0.4 is 20.3 Å². The number of nitrogens with zero attached hydrogens (tertiary/aromatic N) is 1. The Bertz CT molecular complexity index is 657. The van der Waals surface area contributed by atoms with E-state index in [0.29, 0.717) is 25.2 Å². The second-order valence-corrected chi connectivity index (χ2v) is 6.94. The Labute approximate surface area is 179 Å². The maximum Gasteiger partial charge on any atom is 0.279 e. The second kappa shape index (κ2) is 14.3. The lowest BCUT2D eigenvalue weighted by Gasteiger charge is -2.21. The molecule has 1 rings (SSSR count). The third kappa shape index (κ3) is 9.62. The Hall–Kier alpha value is -2.77. The fourth-order valence-corrected chi connectivity index (χ4v) is 2.79. The summed E-state index contributed by atoms with van der Waals surface area (Å²) < 4.78 is 10.9. The smallest absolute Gasteiger partial charge is 0.279 e. The van der Waals surface area contributed by atoms with Crippen molar-refractivity contribution in [2.75, 3.05) is 19.7 Å². The van der Waals surface area contributed by atoms with Crippen molar-refractivity contribution in [3.8, 4) is 11.5 Å². The molecule has 0 aliphatic rings. The van der Waals surface area contributed by atoms with Gasteiger partial charge in [-0.1, -0.05) is 13.8 Å². The van der Waals surface area contributed by atoms with E-state index >= 15 is 0 Å². The third-order valence-corrected chi connectivity index (χ3v) is 4.28. The van der Waals surface area contributed by atoms with E-state index in [1.165, 1.54) is 0 Å². The monoisotopic (exact) mass is 421 g/mol. The van der Waals surface area contributed by atoms with Crippen LogP contribution in [0.5, 0.6) is 11.5 Å². The van der Waals surface area contributed by atoms with Crippen LogP contribution in [0.3, 0.4) is 0 Å². The second-order valence-electron chi connectivity index (χ2n) is 6.94. The summed E-state index contributed by atoms with van der Waals surface area (Å²) in [4.78, 5) is 38.0. The number of ether oxygens (including phenoxy) is 2. The standard InChI is InChI=1S/C22H35N3O5/c1-5-15-25(16-6-2)21(27)10-8-9-20(26)23-24-22(28)17(4)30-19-13-11-18(12-14-19)29-7-3/h11-14,17H,5-10,15-16H2,1-4H3,(H,23,26)(H,24,28). The van der Waals surface area contributed by atoms with Gasteiger partial charge in [0.2, 0.25) is 11.8 Å². The van der Waals surface area contributed by atoms with Crippen molar-refractivity contribution in [3.05, 3.63) is 24.3 Å². The number of benzene rings is 1. The van der Waals surface area contributed by atoms with Gasteiger partial charge in [0.1, 0.15) is 11.5 Å². The number of carbonyl (C=O) groups excluding carboxylic acids is 3. The number of nitrogens with one attached hydrogen (secondary N) is 2. The van der Waals surface area contributed by atoms with Gasteiger partial charge in [-0.15, -0.1) is 0 Å². The van der Waals surface area contributed by atoms with E-state index in [-0.39, 0.29) is 18.2 Å². The number of hydrazine groups is 1. The van der Waals surface area contributed by atoms with Gasteiger partial charge < -0.3 is 14.4 Å². The zero-order valence-corrected chi connectivity index (χ0v) is 18.5. The first-order chi connectivity index (χ1) is 14.4. The van der Waals surface area contributed by atoms with Gasteiger partial charge in [0.05, 0.1) is 6.61 Å². The Morgan fingerprint density at radius 2 is 1.53 bits per heavy atom. The van der Waals surface area contributed by atoms with E-state index in [2.05, 4.69) is 10.9 Å². The summed E-state index contributed by atoms with van der Waals surface area (Å²) in [5.74, 6) is 0.495. The van der Waals surface area contributed by atoms with Gasteiger partial charge in [-0.05, 0) is 57.4 Å². The number of carbonyl (C=O) groups is 3. The van der Waals surface area contributed by atoms with Crippen LogP contribution in [0.4, 0.5) is 0 Å². The average molecular weight is 422 g/mol. The van der Waals surface area contributed by atoms with E-state index in [1.807, 2.05) is 25.7 Å². The molecule has 2 N–H and O–H groups in total. The van der Waals surface area contributed by atoms with Crippen LogP contribution in [0.15, 0.2) is 24.3 Å². The normalized spacial score (nSPS) is 11.3. The highest BCUT2D eigenvalue weighted by molar-refractivity contribution is 5.84. The molecule has 0 heterocycles. The summed E-state index contributed by atoms with van der Waals surface area (Å²) in [6, 6.07) is 6.94. The predicted octanol–water partition coefficient (Wildman–Crippen LogP) is 2.82. The molecule has 0 fully saturated rings. The predicted molar refractivity (Wildman–Crippen MR) is 115 cm³/mol. The minimum Gasteiger partial charge on any atom is -0.494 e. The SMILES string of the molecule is CCCN(CCC)C(=O)CCCC(=O)NNC(=O)C(C)Oc1ccc(OCC)cc1. The molecule has 0 bridgehead atoms. The van der Waals surface area contributed by atoms with E-state index in [4.69, 9.17) is 9.47 Å². The maximum absolute atomic E-state index is 12.2. The Morgan fingerprint density at radius 3 is 2.10 bits per heavy atom. The van der Waals surface area contributed by atoms with Crippen molar-refractivity contribution in [1.29, 1.82) is 0 Å². The first kappa shape index (κ1) is 25.3. The van der Waals surface area contributed by atoms with E-state index in [0.717, 1.165) is 31.7 Å². The summed E-state index contributed by atoms with van der Waals surface area (Å²) >= 11 is 0. The van der Waals surface area contributed by atoms with Crippen molar-refractivity contribution in [3.63, 3.8) is 0 Å². The highest BCUT2D eigenvalue weighted by Gasteiger charge is 2.16. The molecular weight excluding hydrogens is 386 g/mol. The molecule has 30 heavy (non-hydrogen) atoms. The number of hydrogen-bond donors (Lipinski definition) is 2. The lowest BCUT2D eigenvalue weighted by molar-refractivity contribution is -0.133. The first-order valence-corrected chi connectivity index (χ1v) is 10.7. The molecule has 0 aliphatic heterocycles. The van der Waals surface area contributed by atoms with Crippen LogP contribution >= 0.6 is 0 Å². The van der Waals surface area contributed by atoms with Crippen LogP contribution in [0.25, 0.3) is 0 Å². The Balaban J connectivity index is 2.30. The molecule has 1 atom stereocenters. The summed E-state index contributed by atoms with van der Waals surface area (Å²) in [5.41, 5.74) is 4.72. The molecule has 0 aliphatic carbocycles. The molecule has 0 spiro atoms. The van der Waals surface area contributed by atoms with Gasteiger partial charge in [-0.3, -0.25) is 25.2 Å². The van der Waals surface area contributed by atoms with Gasteiger partial charge in [-0.25, -0.2) is 0 Å². The molecule has 8 heteroatoms. The summed E-state index contributed by atoms with van der Waals surface area (Å²) in [7, 11) is 0. The summed E-state index contributed by atoms with van der Waals surface area (Å²) in [6.45, 7) is 9.60. The number of hydrogen-bond acceptors (Lipinski definition) is 5. The molecule has 3 amide bonds. The Morgan fingerprint density at radius 1 is 0.933 bits per heavy atom. The largest absolute Gasteiger partial charge is 0.494 e. The Kier molecular flexibility index (Phi) is 12.0. The molecule has 0 saturated heterocycles. The van der Waals surface area contributed by atoms with Gasteiger partial charge in [0.25, 0.3) is 5.91 Å². The zero-order valence-electron chi connectivity index (χ0n) is 18.5. The molecular formula is C22H35N3O5. The lowest BCUT2D eigenvalue weighted by Crippen LogP contribution is -2.47. The molecule has 8 nitrogen and oxygen atoms in total. The van der Waals surface area contributed by atoms with Crippen LogP contribution in [-0.4, -0.2) is 48.4 Å². The molecule has 0 radical (unpaired) electrons. The fraction of sp³-hybridized carbons (Fsp3) is 0.591. The van der Waals surface area contributed by atoms with E-state index < -0.39 is 12.0 Å².